The van der Waals surface area contributed by atoms with E-state index in [4.69, 9.17) is 17.0 Å². The molecular formula is C21H32N4OS. The fraction of sp³-hybridized carbons (Fsp3) is 0.714. The first-order valence-electron chi connectivity index (χ1n) is 10.5. The van der Waals surface area contributed by atoms with E-state index in [2.05, 4.69) is 32.2 Å². The molecule has 3 atom stereocenters. The van der Waals surface area contributed by atoms with E-state index >= 15 is 0 Å². The minimum atomic E-state index is 0.593. The Balaban J connectivity index is 1.32. The van der Waals surface area contributed by atoms with Crippen molar-refractivity contribution in [2.75, 3.05) is 39.4 Å². The zero-order valence-corrected chi connectivity index (χ0v) is 17.0. The number of hydrogen-bond acceptors (Lipinski definition) is 4. The van der Waals surface area contributed by atoms with E-state index in [1.165, 1.54) is 31.2 Å². The van der Waals surface area contributed by atoms with E-state index in [1.807, 2.05) is 12.4 Å². The second-order valence-electron chi connectivity index (χ2n) is 8.32. The molecule has 1 aromatic rings. The number of nitrogens with zero attached hydrogens (tertiary/aromatic N) is 3. The average Bonchev–Trinajstić information content (AvgIpc) is 3.32. The number of morpholine rings is 1. The molecule has 148 valence electrons. The van der Waals surface area contributed by atoms with Crippen molar-refractivity contribution in [1.29, 1.82) is 0 Å². The lowest BCUT2D eigenvalue weighted by molar-refractivity contribution is 0.0367. The monoisotopic (exact) mass is 388 g/mol. The fourth-order valence-corrected chi connectivity index (χ4v) is 5.25. The fourth-order valence-electron chi connectivity index (χ4n) is 4.94. The second kappa shape index (κ2) is 9.30. The topological polar surface area (TPSA) is 40.6 Å². The Kier molecular flexibility index (Phi) is 6.58. The number of fused-ring (bicyclic) bond motifs is 2. The number of nitrogens with one attached hydrogen (secondary N) is 1. The van der Waals surface area contributed by atoms with Crippen molar-refractivity contribution in [3.63, 3.8) is 0 Å². The summed E-state index contributed by atoms with van der Waals surface area (Å²) in [6, 6.07) is 4.78. The summed E-state index contributed by atoms with van der Waals surface area (Å²) in [6.07, 6.45) is 10.4. The van der Waals surface area contributed by atoms with Crippen LogP contribution in [0, 0.1) is 11.8 Å². The van der Waals surface area contributed by atoms with Crippen LogP contribution >= 0.6 is 12.2 Å². The summed E-state index contributed by atoms with van der Waals surface area (Å²) in [5.41, 5.74) is 1.27. The molecule has 0 aromatic carbocycles. The van der Waals surface area contributed by atoms with Crippen LogP contribution in [-0.2, 0) is 11.3 Å². The Bertz CT molecular complexity index is 607. The maximum absolute atomic E-state index is 5.86. The molecule has 2 heterocycles. The summed E-state index contributed by atoms with van der Waals surface area (Å²) in [7, 11) is 0. The molecule has 1 N–H and O–H groups in total. The van der Waals surface area contributed by atoms with Crippen molar-refractivity contribution in [3.05, 3.63) is 30.1 Å². The molecule has 0 spiro atoms. The van der Waals surface area contributed by atoms with Gasteiger partial charge in [-0.3, -0.25) is 9.88 Å². The molecule has 2 bridgehead atoms. The molecule has 0 amide bonds. The third-order valence-electron chi connectivity index (χ3n) is 6.46. The second-order valence-corrected chi connectivity index (χ2v) is 8.70. The Labute approximate surface area is 168 Å². The van der Waals surface area contributed by atoms with E-state index in [-0.39, 0.29) is 0 Å². The average molecular weight is 389 g/mol. The van der Waals surface area contributed by atoms with Crippen molar-refractivity contribution in [2.45, 2.75) is 44.7 Å². The molecule has 1 saturated heterocycles. The van der Waals surface area contributed by atoms with Crippen molar-refractivity contribution in [2.24, 2.45) is 11.8 Å². The predicted molar refractivity (Wildman–Crippen MR) is 111 cm³/mol. The lowest BCUT2D eigenvalue weighted by Crippen LogP contribution is -2.47. The van der Waals surface area contributed by atoms with Crippen LogP contribution in [0.3, 0.4) is 0 Å². The highest BCUT2D eigenvalue weighted by Crippen LogP contribution is 2.44. The lowest BCUT2D eigenvalue weighted by Gasteiger charge is -2.32. The molecule has 3 fully saturated rings. The third kappa shape index (κ3) is 5.18. The van der Waals surface area contributed by atoms with Gasteiger partial charge in [0, 0.05) is 51.2 Å². The lowest BCUT2D eigenvalue weighted by atomic mass is 9.95. The molecule has 2 aliphatic carbocycles. The molecular weight excluding hydrogens is 356 g/mol. The third-order valence-corrected chi connectivity index (χ3v) is 6.84. The smallest absolute Gasteiger partial charge is 0.169 e. The van der Waals surface area contributed by atoms with Crippen LogP contribution in [0.1, 0.15) is 37.7 Å². The first-order chi connectivity index (χ1) is 13.3. The van der Waals surface area contributed by atoms with E-state index in [9.17, 15) is 0 Å². The first kappa shape index (κ1) is 19.1. The summed E-state index contributed by atoms with van der Waals surface area (Å²) in [5.74, 6) is 1.77. The van der Waals surface area contributed by atoms with Gasteiger partial charge in [0.25, 0.3) is 0 Å². The van der Waals surface area contributed by atoms with Gasteiger partial charge in [-0.2, -0.15) is 0 Å². The Morgan fingerprint density at radius 3 is 2.74 bits per heavy atom. The normalized spacial score (nSPS) is 27.6. The highest BCUT2D eigenvalue weighted by Gasteiger charge is 2.40. The van der Waals surface area contributed by atoms with Gasteiger partial charge in [0.15, 0.2) is 5.11 Å². The minimum Gasteiger partial charge on any atom is -0.379 e. The van der Waals surface area contributed by atoms with Crippen LogP contribution in [0.4, 0.5) is 0 Å². The maximum atomic E-state index is 5.86. The molecule has 1 aliphatic heterocycles. The van der Waals surface area contributed by atoms with E-state index in [0.29, 0.717) is 6.04 Å². The van der Waals surface area contributed by atoms with Crippen LogP contribution in [0.25, 0.3) is 0 Å². The van der Waals surface area contributed by atoms with Crippen LogP contribution in [-0.4, -0.2) is 65.3 Å². The van der Waals surface area contributed by atoms with E-state index < -0.39 is 0 Å². The SMILES string of the molecule is S=C(N[C@H]1C[C@H]2CC[C@H]1C2)N(CCCN1CCOCC1)Cc1ccncc1. The van der Waals surface area contributed by atoms with Crippen LogP contribution in [0.15, 0.2) is 24.5 Å². The molecule has 0 radical (unpaired) electrons. The van der Waals surface area contributed by atoms with Crippen molar-refractivity contribution >= 4 is 17.3 Å². The predicted octanol–water partition coefficient (Wildman–Crippen LogP) is 2.67. The van der Waals surface area contributed by atoms with Crippen LogP contribution < -0.4 is 5.32 Å². The zero-order valence-electron chi connectivity index (χ0n) is 16.2. The summed E-state index contributed by atoms with van der Waals surface area (Å²) in [6.45, 7) is 6.81. The molecule has 2 saturated carbocycles. The van der Waals surface area contributed by atoms with Gasteiger partial charge in [0.05, 0.1) is 13.2 Å². The molecule has 6 heteroatoms. The van der Waals surface area contributed by atoms with Gasteiger partial charge in [-0.1, -0.05) is 6.42 Å². The molecule has 4 rings (SSSR count). The highest BCUT2D eigenvalue weighted by atomic mass is 32.1. The molecule has 3 aliphatic rings. The van der Waals surface area contributed by atoms with E-state index in [0.717, 1.165) is 69.3 Å². The number of hydrogen-bond donors (Lipinski definition) is 1. The van der Waals surface area contributed by atoms with Gasteiger partial charge in [-0.25, -0.2) is 0 Å². The summed E-state index contributed by atoms with van der Waals surface area (Å²) >= 11 is 5.86. The number of ether oxygens (including phenoxy) is 1. The first-order valence-corrected chi connectivity index (χ1v) is 10.9. The van der Waals surface area contributed by atoms with Crippen LogP contribution in [0.2, 0.25) is 0 Å². The highest BCUT2D eigenvalue weighted by molar-refractivity contribution is 7.80. The molecule has 27 heavy (non-hydrogen) atoms. The maximum Gasteiger partial charge on any atom is 0.169 e. The van der Waals surface area contributed by atoms with Gasteiger partial charge in [-0.15, -0.1) is 0 Å². The van der Waals surface area contributed by atoms with Crippen LogP contribution in [0.5, 0.6) is 0 Å². The quantitative estimate of drug-likeness (QED) is 0.725. The van der Waals surface area contributed by atoms with Crippen molar-refractivity contribution < 1.29 is 4.74 Å². The molecule has 0 unspecified atom stereocenters. The van der Waals surface area contributed by atoms with Gasteiger partial charge in [0.2, 0.25) is 0 Å². The largest absolute Gasteiger partial charge is 0.379 e. The van der Waals surface area contributed by atoms with Crippen molar-refractivity contribution in [3.8, 4) is 0 Å². The Morgan fingerprint density at radius 2 is 2.04 bits per heavy atom. The summed E-state index contributed by atoms with van der Waals surface area (Å²) in [5, 5.41) is 4.66. The van der Waals surface area contributed by atoms with Gasteiger partial charge in [-0.05, 0) is 67.4 Å². The van der Waals surface area contributed by atoms with Gasteiger partial charge < -0.3 is 15.0 Å². The molecule has 1 aromatic heterocycles. The summed E-state index contributed by atoms with van der Waals surface area (Å²) in [4.78, 5) is 9.00. The Hall–Kier alpha value is -1.24. The summed E-state index contributed by atoms with van der Waals surface area (Å²) < 4.78 is 5.45. The van der Waals surface area contributed by atoms with Crippen molar-refractivity contribution in [1.82, 2.24) is 20.1 Å². The minimum absolute atomic E-state index is 0.593. The Morgan fingerprint density at radius 1 is 1.22 bits per heavy atom. The van der Waals surface area contributed by atoms with Gasteiger partial charge >= 0.3 is 0 Å². The van der Waals surface area contributed by atoms with E-state index in [1.54, 1.807) is 0 Å². The number of pyridine rings is 1. The molecule has 5 nitrogen and oxygen atoms in total. The standard InChI is InChI=1S/C21H32N4OS/c27-21(23-20-15-18-2-3-19(20)14-18)25(16-17-4-6-22-7-5-17)9-1-8-24-10-12-26-13-11-24/h4-7,18-20H,1-3,8-16H2,(H,23,27)/t18-,19-,20-/m0/s1. The number of aromatic nitrogens is 1. The van der Waals surface area contributed by atoms with Gasteiger partial charge in [0.1, 0.15) is 0 Å². The number of thiocarbonyl (C=S) groups is 1. The zero-order chi connectivity index (χ0) is 18.5. The number of rotatable bonds is 7.